The molecule has 27 heavy (non-hydrogen) atoms. The molecule has 0 bridgehead atoms. The monoisotopic (exact) mass is 371 g/mol. The van der Waals surface area contributed by atoms with Crippen LogP contribution < -0.4 is 4.74 Å². The smallest absolute Gasteiger partial charge is 0.222 e. The Morgan fingerprint density at radius 2 is 2.07 bits per heavy atom. The first kappa shape index (κ1) is 17.9. The van der Waals surface area contributed by atoms with Crippen molar-refractivity contribution in [2.75, 3.05) is 33.4 Å². The molecule has 2 amide bonds. The molecule has 1 saturated heterocycles. The number of carbonyl (C=O) groups excluding carboxylic acids is 2. The minimum Gasteiger partial charge on any atom is -0.497 e. The largest absolute Gasteiger partial charge is 0.497 e. The second-order valence-electron chi connectivity index (χ2n) is 7.55. The number of aliphatic hydroxyl groups is 1. The standard InChI is InChI=1S/C20H25N3O4/c1-4-17(26)23-11-20(9-22(10-20)12(2)25)18-14-6-5-13(27-3)7-15(14)21-19(18)16(23)8-24/h5-7,16,21,24H,4,8-11H2,1-3H3/t16-/m0/s1. The number of H-pyrrole nitrogens is 1. The minimum absolute atomic E-state index is 0.0107. The summed E-state index contributed by atoms with van der Waals surface area (Å²) in [6.45, 7) is 4.94. The lowest BCUT2D eigenvalue weighted by molar-refractivity contribution is -0.143. The van der Waals surface area contributed by atoms with E-state index in [9.17, 15) is 14.7 Å². The predicted molar refractivity (Wildman–Crippen MR) is 101 cm³/mol. The average molecular weight is 371 g/mol. The van der Waals surface area contributed by atoms with Crippen LogP contribution in [0.25, 0.3) is 10.9 Å². The first-order chi connectivity index (χ1) is 12.9. The number of ether oxygens (including phenoxy) is 1. The molecule has 144 valence electrons. The molecule has 0 saturated carbocycles. The van der Waals surface area contributed by atoms with Crippen molar-refractivity contribution in [1.29, 1.82) is 0 Å². The summed E-state index contributed by atoms with van der Waals surface area (Å²) in [5.74, 6) is 0.800. The summed E-state index contributed by atoms with van der Waals surface area (Å²) in [7, 11) is 1.63. The lowest BCUT2D eigenvalue weighted by atomic mass is 9.68. The SMILES string of the molecule is CCC(=O)N1CC2(CN(C(C)=O)C2)c2c([nH]c3cc(OC)ccc23)[C@@H]1CO. The number of amides is 2. The number of aromatic nitrogens is 1. The Hall–Kier alpha value is -2.54. The second kappa shape index (κ2) is 6.27. The third kappa shape index (κ3) is 2.52. The molecule has 3 heterocycles. The van der Waals surface area contributed by atoms with E-state index in [4.69, 9.17) is 4.74 Å². The van der Waals surface area contributed by atoms with Crippen LogP contribution in [0.3, 0.4) is 0 Å². The molecule has 4 rings (SSSR count). The number of aromatic amines is 1. The van der Waals surface area contributed by atoms with Gasteiger partial charge in [-0.25, -0.2) is 0 Å². The molecule has 0 radical (unpaired) electrons. The van der Waals surface area contributed by atoms with E-state index in [-0.39, 0.29) is 23.8 Å². The first-order valence-corrected chi connectivity index (χ1v) is 9.30. The van der Waals surface area contributed by atoms with E-state index in [0.29, 0.717) is 26.1 Å². The zero-order valence-corrected chi connectivity index (χ0v) is 15.9. The highest BCUT2D eigenvalue weighted by Crippen LogP contribution is 2.48. The molecule has 7 nitrogen and oxygen atoms in total. The highest BCUT2D eigenvalue weighted by Gasteiger charge is 2.54. The van der Waals surface area contributed by atoms with Gasteiger partial charge >= 0.3 is 0 Å². The van der Waals surface area contributed by atoms with Crippen molar-refractivity contribution in [1.82, 2.24) is 14.8 Å². The van der Waals surface area contributed by atoms with E-state index in [0.717, 1.165) is 27.9 Å². The number of hydrogen-bond acceptors (Lipinski definition) is 4. The van der Waals surface area contributed by atoms with Crippen molar-refractivity contribution in [2.45, 2.75) is 31.7 Å². The molecule has 2 aliphatic rings. The van der Waals surface area contributed by atoms with Crippen LogP contribution in [0, 0.1) is 0 Å². The van der Waals surface area contributed by atoms with Crippen LogP contribution in [0.2, 0.25) is 0 Å². The van der Waals surface area contributed by atoms with Crippen LogP contribution in [-0.4, -0.2) is 65.1 Å². The Morgan fingerprint density at radius 1 is 1.33 bits per heavy atom. The topological polar surface area (TPSA) is 85.9 Å². The average Bonchev–Trinajstić information content (AvgIpc) is 3.02. The van der Waals surface area contributed by atoms with Crippen LogP contribution in [0.5, 0.6) is 5.75 Å². The molecular formula is C20H25N3O4. The molecule has 2 aliphatic heterocycles. The summed E-state index contributed by atoms with van der Waals surface area (Å²) in [5.41, 5.74) is 2.61. The summed E-state index contributed by atoms with van der Waals surface area (Å²) in [5, 5.41) is 11.1. The van der Waals surface area contributed by atoms with Crippen LogP contribution >= 0.6 is 0 Å². The number of nitrogens with one attached hydrogen (secondary N) is 1. The van der Waals surface area contributed by atoms with E-state index >= 15 is 0 Å². The van der Waals surface area contributed by atoms with Crippen molar-refractivity contribution in [3.8, 4) is 5.75 Å². The normalized spacial score (nSPS) is 20.5. The molecule has 2 aromatic rings. The predicted octanol–water partition coefficient (Wildman–Crippen LogP) is 1.56. The van der Waals surface area contributed by atoms with Gasteiger partial charge in [0.1, 0.15) is 5.75 Å². The van der Waals surface area contributed by atoms with Crippen LogP contribution in [0.15, 0.2) is 18.2 Å². The summed E-state index contributed by atoms with van der Waals surface area (Å²) < 4.78 is 5.34. The fraction of sp³-hybridized carbons (Fsp3) is 0.500. The van der Waals surface area contributed by atoms with Crippen LogP contribution in [0.1, 0.15) is 37.6 Å². The van der Waals surface area contributed by atoms with Crippen molar-refractivity contribution in [3.05, 3.63) is 29.5 Å². The third-order valence-corrected chi connectivity index (χ3v) is 5.98. The van der Waals surface area contributed by atoms with Gasteiger partial charge in [-0.2, -0.15) is 0 Å². The maximum Gasteiger partial charge on any atom is 0.222 e. The Balaban J connectivity index is 1.89. The van der Waals surface area contributed by atoms with E-state index in [1.165, 1.54) is 0 Å². The highest BCUT2D eigenvalue weighted by atomic mass is 16.5. The van der Waals surface area contributed by atoms with Crippen molar-refractivity contribution < 1.29 is 19.4 Å². The van der Waals surface area contributed by atoms with Crippen molar-refractivity contribution in [3.63, 3.8) is 0 Å². The van der Waals surface area contributed by atoms with Gasteiger partial charge in [-0.15, -0.1) is 0 Å². The van der Waals surface area contributed by atoms with Gasteiger partial charge in [0.25, 0.3) is 0 Å². The quantitative estimate of drug-likeness (QED) is 0.857. The van der Waals surface area contributed by atoms with Crippen molar-refractivity contribution >= 4 is 22.7 Å². The van der Waals surface area contributed by atoms with Gasteiger partial charge in [0, 0.05) is 55.6 Å². The number of hydrogen-bond donors (Lipinski definition) is 2. The van der Waals surface area contributed by atoms with Gasteiger partial charge in [-0.05, 0) is 17.7 Å². The van der Waals surface area contributed by atoms with E-state index in [1.54, 1.807) is 23.8 Å². The molecule has 7 heteroatoms. The fourth-order valence-corrected chi connectivity index (χ4v) is 4.64. The fourth-order valence-electron chi connectivity index (χ4n) is 4.64. The van der Waals surface area contributed by atoms with Gasteiger partial charge in [0.15, 0.2) is 0 Å². The number of methoxy groups -OCH3 is 1. The lowest BCUT2D eigenvalue weighted by Gasteiger charge is -2.56. The molecular weight excluding hydrogens is 346 g/mol. The molecule has 0 unspecified atom stereocenters. The van der Waals surface area contributed by atoms with Gasteiger partial charge < -0.3 is 24.6 Å². The molecule has 0 aliphatic carbocycles. The van der Waals surface area contributed by atoms with Gasteiger partial charge in [-0.1, -0.05) is 6.92 Å². The Morgan fingerprint density at radius 3 is 2.67 bits per heavy atom. The van der Waals surface area contributed by atoms with E-state index in [1.807, 2.05) is 25.1 Å². The molecule has 1 aromatic heterocycles. The summed E-state index contributed by atoms with van der Waals surface area (Å²) in [6.07, 6.45) is 0.381. The first-order valence-electron chi connectivity index (χ1n) is 9.30. The Kier molecular flexibility index (Phi) is 4.14. The molecule has 2 N–H and O–H groups in total. The maximum absolute atomic E-state index is 12.6. The van der Waals surface area contributed by atoms with Gasteiger partial charge in [0.2, 0.25) is 11.8 Å². The number of nitrogens with zero attached hydrogens (tertiary/aromatic N) is 2. The molecule has 1 spiro atoms. The number of likely N-dealkylation sites (tertiary alicyclic amines) is 1. The summed E-state index contributed by atoms with van der Waals surface area (Å²) >= 11 is 0. The summed E-state index contributed by atoms with van der Waals surface area (Å²) in [6, 6.07) is 5.47. The van der Waals surface area contributed by atoms with Gasteiger partial charge in [0.05, 0.1) is 25.2 Å². The number of rotatable bonds is 3. The minimum atomic E-state index is -0.400. The van der Waals surface area contributed by atoms with Crippen LogP contribution in [-0.2, 0) is 15.0 Å². The Labute approximate surface area is 157 Å². The number of carbonyl (C=O) groups is 2. The number of benzene rings is 1. The zero-order valence-electron chi connectivity index (χ0n) is 15.9. The maximum atomic E-state index is 12.6. The molecule has 1 fully saturated rings. The second-order valence-corrected chi connectivity index (χ2v) is 7.55. The van der Waals surface area contributed by atoms with Crippen LogP contribution in [0.4, 0.5) is 0 Å². The Bertz CT molecular complexity index is 913. The number of aliphatic hydroxyl groups excluding tert-OH is 1. The lowest BCUT2D eigenvalue weighted by Crippen LogP contribution is -2.67. The molecule has 1 atom stereocenters. The third-order valence-electron chi connectivity index (χ3n) is 5.98. The van der Waals surface area contributed by atoms with E-state index in [2.05, 4.69) is 4.98 Å². The van der Waals surface area contributed by atoms with Crippen molar-refractivity contribution in [2.24, 2.45) is 0 Å². The summed E-state index contributed by atoms with van der Waals surface area (Å²) in [4.78, 5) is 31.4. The number of fused-ring (bicyclic) bond motifs is 4. The van der Waals surface area contributed by atoms with Gasteiger partial charge in [-0.3, -0.25) is 9.59 Å². The zero-order chi connectivity index (χ0) is 19.3. The molecule has 1 aromatic carbocycles. The van der Waals surface area contributed by atoms with E-state index < -0.39 is 6.04 Å². The highest BCUT2D eigenvalue weighted by molar-refractivity contribution is 5.89.